The molecule has 2 amide bonds. The molecule has 1 saturated heterocycles. The first-order chi connectivity index (χ1) is 8.16. The average molecular weight is 239 g/mol. The Kier molecular flexibility index (Phi) is 4.26. The van der Waals surface area contributed by atoms with Gasteiger partial charge in [-0.15, -0.1) is 0 Å². The molecule has 0 radical (unpaired) electrons. The van der Waals surface area contributed by atoms with Gasteiger partial charge < -0.3 is 16.0 Å². The summed E-state index contributed by atoms with van der Waals surface area (Å²) in [5.41, 5.74) is 5.28. The van der Waals surface area contributed by atoms with Gasteiger partial charge in [-0.3, -0.25) is 0 Å². The van der Waals surface area contributed by atoms with E-state index in [2.05, 4.69) is 12.2 Å². The number of amides is 2. The number of rotatable bonds is 3. The summed E-state index contributed by atoms with van der Waals surface area (Å²) in [6.07, 6.45) is 7.65. The van der Waals surface area contributed by atoms with E-state index in [1.165, 1.54) is 25.7 Å². The number of hydrogen-bond acceptors (Lipinski definition) is 2. The van der Waals surface area contributed by atoms with Crippen molar-refractivity contribution in [2.75, 3.05) is 13.1 Å². The summed E-state index contributed by atoms with van der Waals surface area (Å²) in [5.74, 6) is 0.865. The van der Waals surface area contributed by atoms with Crippen LogP contribution < -0.4 is 11.1 Å². The molecule has 1 atom stereocenters. The van der Waals surface area contributed by atoms with Gasteiger partial charge in [-0.2, -0.15) is 0 Å². The van der Waals surface area contributed by atoms with Gasteiger partial charge >= 0.3 is 6.03 Å². The normalized spacial score (nSPS) is 25.1. The molecule has 1 aliphatic heterocycles. The lowest BCUT2D eigenvalue weighted by molar-refractivity contribution is 0.179. The van der Waals surface area contributed by atoms with Gasteiger partial charge in [0.15, 0.2) is 0 Å². The fraction of sp³-hybridized carbons (Fsp3) is 0.923. The van der Waals surface area contributed by atoms with E-state index >= 15 is 0 Å². The van der Waals surface area contributed by atoms with Crippen LogP contribution in [0.2, 0.25) is 0 Å². The van der Waals surface area contributed by atoms with E-state index in [1.807, 2.05) is 0 Å². The minimum Gasteiger partial charge on any atom is -0.351 e. The Hall–Kier alpha value is -0.770. The van der Waals surface area contributed by atoms with Crippen LogP contribution in [0.5, 0.6) is 0 Å². The van der Waals surface area contributed by atoms with Crippen LogP contribution in [0, 0.1) is 5.92 Å². The maximum Gasteiger partial charge on any atom is 0.314 e. The highest BCUT2D eigenvalue weighted by molar-refractivity contribution is 5.72. The number of carbonyl (C=O) groups is 1. The van der Waals surface area contributed by atoms with Gasteiger partial charge in [0.2, 0.25) is 0 Å². The summed E-state index contributed by atoms with van der Waals surface area (Å²) in [6.45, 7) is 3.94. The zero-order valence-corrected chi connectivity index (χ0v) is 10.8. The summed E-state index contributed by atoms with van der Waals surface area (Å²) in [7, 11) is 0. The number of nitrogens with zero attached hydrogens (tertiary/aromatic N) is 1. The predicted molar refractivity (Wildman–Crippen MR) is 68.7 cm³/mol. The Morgan fingerprint density at radius 1 is 1.24 bits per heavy atom. The van der Waals surface area contributed by atoms with Crippen LogP contribution >= 0.6 is 0 Å². The van der Waals surface area contributed by atoms with Gasteiger partial charge in [-0.1, -0.05) is 12.8 Å². The molecule has 0 unspecified atom stereocenters. The fourth-order valence-electron chi connectivity index (χ4n) is 3.23. The molecule has 3 N–H and O–H groups in total. The Morgan fingerprint density at radius 3 is 2.35 bits per heavy atom. The number of carbonyl (C=O) groups excluding carboxylic acids is 1. The molecule has 0 spiro atoms. The second kappa shape index (κ2) is 5.71. The summed E-state index contributed by atoms with van der Waals surface area (Å²) in [4.78, 5) is 12.8. The highest BCUT2D eigenvalue weighted by Crippen LogP contribution is 2.28. The molecule has 17 heavy (non-hydrogen) atoms. The third-order valence-corrected chi connectivity index (χ3v) is 4.41. The Bertz CT molecular complexity index is 255. The van der Waals surface area contributed by atoms with Crippen molar-refractivity contribution in [1.29, 1.82) is 0 Å². The van der Waals surface area contributed by atoms with Gasteiger partial charge in [-0.25, -0.2) is 4.79 Å². The smallest absolute Gasteiger partial charge is 0.314 e. The lowest BCUT2D eigenvalue weighted by Gasteiger charge is -2.34. The monoisotopic (exact) mass is 239 g/mol. The number of hydrogen-bond donors (Lipinski definition) is 2. The van der Waals surface area contributed by atoms with E-state index in [9.17, 15) is 4.79 Å². The van der Waals surface area contributed by atoms with E-state index in [1.54, 1.807) is 4.90 Å². The molecule has 1 saturated carbocycles. The molecule has 2 aliphatic rings. The summed E-state index contributed by atoms with van der Waals surface area (Å²) in [6, 6.07) is 0.927. The zero-order chi connectivity index (χ0) is 12.3. The van der Waals surface area contributed by atoms with E-state index in [0.717, 1.165) is 31.8 Å². The average Bonchev–Trinajstić information content (AvgIpc) is 2.83. The number of nitrogens with one attached hydrogen (secondary N) is 1. The fourth-order valence-corrected chi connectivity index (χ4v) is 3.23. The molecule has 2 rings (SSSR count). The molecule has 1 aliphatic carbocycles. The van der Waals surface area contributed by atoms with Crippen LogP contribution in [0.4, 0.5) is 4.79 Å². The van der Waals surface area contributed by atoms with Gasteiger partial charge in [0.05, 0.1) is 0 Å². The van der Waals surface area contributed by atoms with Crippen molar-refractivity contribution in [1.82, 2.24) is 10.2 Å². The maximum atomic E-state index is 11.0. The molecule has 1 heterocycles. The molecule has 98 valence electrons. The van der Waals surface area contributed by atoms with Crippen LogP contribution in [0.3, 0.4) is 0 Å². The third-order valence-electron chi connectivity index (χ3n) is 4.41. The van der Waals surface area contributed by atoms with Gasteiger partial charge in [0.1, 0.15) is 0 Å². The van der Waals surface area contributed by atoms with Gasteiger partial charge in [0, 0.05) is 25.2 Å². The molecular weight excluding hydrogens is 214 g/mol. The lowest BCUT2D eigenvalue weighted by atomic mass is 9.96. The van der Waals surface area contributed by atoms with Crippen molar-refractivity contribution in [3.8, 4) is 0 Å². The van der Waals surface area contributed by atoms with E-state index < -0.39 is 0 Å². The molecule has 4 nitrogen and oxygen atoms in total. The maximum absolute atomic E-state index is 11.0. The first-order valence-corrected chi connectivity index (χ1v) is 6.97. The summed E-state index contributed by atoms with van der Waals surface area (Å²) in [5, 5.41) is 3.74. The third kappa shape index (κ3) is 3.35. The number of urea groups is 1. The van der Waals surface area contributed by atoms with Crippen LogP contribution in [0.1, 0.15) is 45.4 Å². The number of primary amides is 1. The van der Waals surface area contributed by atoms with Crippen LogP contribution in [0.15, 0.2) is 0 Å². The predicted octanol–water partition coefficient (Wildman–Crippen LogP) is 1.70. The van der Waals surface area contributed by atoms with Crippen LogP contribution in [-0.2, 0) is 0 Å². The van der Waals surface area contributed by atoms with Crippen molar-refractivity contribution < 1.29 is 4.79 Å². The Balaban J connectivity index is 1.72. The molecule has 0 aromatic carbocycles. The van der Waals surface area contributed by atoms with Crippen LogP contribution in [0.25, 0.3) is 0 Å². The molecule has 0 aromatic rings. The Labute approximate surface area is 104 Å². The van der Waals surface area contributed by atoms with Crippen LogP contribution in [-0.4, -0.2) is 36.1 Å². The molecule has 2 fully saturated rings. The van der Waals surface area contributed by atoms with Crippen molar-refractivity contribution in [2.45, 2.75) is 57.5 Å². The first kappa shape index (κ1) is 12.7. The minimum absolute atomic E-state index is 0.271. The summed E-state index contributed by atoms with van der Waals surface area (Å²) >= 11 is 0. The van der Waals surface area contributed by atoms with Gasteiger partial charge in [0.25, 0.3) is 0 Å². The van der Waals surface area contributed by atoms with Crippen molar-refractivity contribution >= 4 is 6.03 Å². The van der Waals surface area contributed by atoms with Crippen molar-refractivity contribution in [3.05, 3.63) is 0 Å². The number of likely N-dealkylation sites (tertiary alicyclic amines) is 1. The number of piperidine rings is 1. The van der Waals surface area contributed by atoms with Gasteiger partial charge in [-0.05, 0) is 38.5 Å². The molecule has 0 bridgehead atoms. The lowest BCUT2D eigenvalue weighted by Crippen LogP contribution is -2.49. The van der Waals surface area contributed by atoms with E-state index in [4.69, 9.17) is 5.73 Å². The standard InChI is InChI=1S/C13H25N3O/c1-10(11-4-2-3-5-11)15-12-6-8-16(9-7-12)13(14)17/h10-12,15H,2-9H2,1H3,(H2,14,17)/t10-/m0/s1. The largest absolute Gasteiger partial charge is 0.351 e. The topological polar surface area (TPSA) is 58.4 Å². The van der Waals surface area contributed by atoms with E-state index in [-0.39, 0.29) is 6.03 Å². The minimum atomic E-state index is -0.271. The summed E-state index contributed by atoms with van der Waals surface area (Å²) < 4.78 is 0. The van der Waals surface area contributed by atoms with E-state index in [0.29, 0.717) is 12.1 Å². The zero-order valence-electron chi connectivity index (χ0n) is 10.8. The molecule has 4 heteroatoms. The second-order valence-corrected chi connectivity index (χ2v) is 5.60. The quantitative estimate of drug-likeness (QED) is 0.787. The SMILES string of the molecule is C[C@H](NC1CCN(C(N)=O)CC1)C1CCCC1. The second-order valence-electron chi connectivity index (χ2n) is 5.60. The molecule has 0 aromatic heterocycles. The Morgan fingerprint density at radius 2 is 1.82 bits per heavy atom. The first-order valence-electron chi connectivity index (χ1n) is 6.97. The highest BCUT2D eigenvalue weighted by Gasteiger charge is 2.26. The highest BCUT2D eigenvalue weighted by atomic mass is 16.2. The molecular formula is C13H25N3O. The number of nitrogens with two attached hydrogens (primary N) is 1. The van der Waals surface area contributed by atoms with Crippen molar-refractivity contribution in [3.63, 3.8) is 0 Å². The van der Waals surface area contributed by atoms with Crippen molar-refractivity contribution in [2.24, 2.45) is 11.7 Å².